The van der Waals surface area contributed by atoms with E-state index in [1.165, 1.54) is 0 Å². The van der Waals surface area contributed by atoms with E-state index in [2.05, 4.69) is 0 Å². The molecule has 33 heavy (non-hydrogen) atoms. The molecule has 4 aliphatic carbocycles. The van der Waals surface area contributed by atoms with Crippen LogP contribution in [0.1, 0.15) is 68.9 Å². The van der Waals surface area contributed by atoms with E-state index >= 15 is 0 Å². The third-order valence-electron chi connectivity index (χ3n) is 9.63. The van der Waals surface area contributed by atoms with Crippen molar-refractivity contribution in [1.29, 1.82) is 0 Å². The topological polar surface area (TPSA) is 93.1 Å². The lowest BCUT2D eigenvalue weighted by molar-refractivity contribution is -0.195. The summed E-state index contributed by atoms with van der Waals surface area (Å²) in [5.74, 6) is 0.693. The van der Waals surface area contributed by atoms with Crippen LogP contribution in [0.5, 0.6) is 11.5 Å². The Labute approximate surface area is 192 Å². The number of nitrogens with zero attached hydrogens (tertiary/aromatic N) is 1. The van der Waals surface area contributed by atoms with Gasteiger partial charge in [0.15, 0.2) is 23.4 Å². The van der Waals surface area contributed by atoms with E-state index in [1.54, 1.807) is 6.07 Å². The van der Waals surface area contributed by atoms with Crippen molar-refractivity contribution in [2.75, 3.05) is 6.54 Å². The zero-order valence-corrected chi connectivity index (χ0v) is 18.7. The Balaban J connectivity index is 1.34. The summed E-state index contributed by atoms with van der Waals surface area (Å²) in [6, 6.07) is 3.35. The summed E-state index contributed by atoms with van der Waals surface area (Å²) in [7, 11) is 0. The standard InChI is InChI=1S/C26H29NO6/c28-17-9-10-26(31)19-13-16-7-8-18(32-24(30)15-5-2-6-15)21-20(16)25(26,22(17)33-21)11-12-27(19)23(29)14-3-1-4-14/h7-8,14-15,19,22,31H,1-6,9-13H2/t19-,22+,25?,26-/m1/s1. The molecule has 1 spiro atoms. The molecule has 0 aromatic heterocycles. The number of Topliss-reactive ketones (excluding diaryl/α,β-unsaturated/α-hetero) is 1. The molecule has 2 heterocycles. The predicted molar refractivity (Wildman–Crippen MR) is 116 cm³/mol. The van der Waals surface area contributed by atoms with Gasteiger partial charge in [-0.05, 0) is 56.6 Å². The Hall–Kier alpha value is -2.41. The molecule has 1 aromatic rings. The van der Waals surface area contributed by atoms with E-state index in [0.717, 1.165) is 49.7 Å². The van der Waals surface area contributed by atoms with Gasteiger partial charge in [0.2, 0.25) is 5.91 Å². The first kappa shape index (κ1) is 20.0. The van der Waals surface area contributed by atoms with Gasteiger partial charge in [0, 0.05) is 24.4 Å². The van der Waals surface area contributed by atoms with Crippen molar-refractivity contribution in [2.24, 2.45) is 11.8 Å². The molecule has 2 bridgehead atoms. The van der Waals surface area contributed by atoms with Gasteiger partial charge in [-0.2, -0.15) is 0 Å². The van der Waals surface area contributed by atoms with Crippen LogP contribution in [0.2, 0.25) is 0 Å². The summed E-state index contributed by atoms with van der Waals surface area (Å²) in [4.78, 5) is 40.9. The fourth-order valence-electron chi connectivity index (χ4n) is 7.39. The molecule has 3 saturated carbocycles. The van der Waals surface area contributed by atoms with Crippen LogP contribution in [0.25, 0.3) is 0 Å². The van der Waals surface area contributed by atoms with E-state index in [4.69, 9.17) is 9.47 Å². The summed E-state index contributed by atoms with van der Waals surface area (Å²) in [5, 5.41) is 12.3. The molecule has 1 amide bonds. The molecule has 1 unspecified atom stereocenters. The van der Waals surface area contributed by atoms with Crippen LogP contribution in [0.15, 0.2) is 12.1 Å². The first-order valence-electron chi connectivity index (χ1n) is 12.5. The molecule has 4 fully saturated rings. The van der Waals surface area contributed by atoms with E-state index in [1.807, 2.05) is 11.0 Å². The number of carbonyl (C=O) groups is 3. The smallest absolute Gasteiger partial charge is 0.314 e. The quantitative estimate of drug-likeness (QED) is 0.561. The summed E-state index contributed by atoms with van der Waals surface area (Å²) in [6.07, 6.45) is 6.43. The molecule has 1 saturated heterocycles. The Morgan fingerprint density at radius 3 is 2.55 bits per heavy atom. The lowest BCUT2D eigenvalue weighted by Crippen LogP contribution is -2.77. The Bertz CT molecular complexity index is 1090. The number of piperidine rings is 1. The van der Waals surface area contributed by atoms with Gasteiger partial charge in [-0.1, -0.05) is 18.9 Å². The molecular formula is C26H29NO6. The number of amides is 1. The SMILES string of the molecule is O=C(Oc1ccc2c3c1O[C@H]1C(=O)CC[C@@]4(O)[C@@H](C2)N(C(=O)C2CCC2)CCC314)C1CCC1. The molecule has 7 heteroatoms. The Kier molecular flexibility index (Phi) is 3.99. The van der Waals surface area contributed by atoms with Gasteiger partial charge in [-0.15, -0.1) is 0 Å². The fourth-order valence-corrected chi connectivity index (χ4v) is 7.39. The third kappa shape index (κ3) is 2.37. The normalized spacial score (nSPS) is 36.4. The summed E-state index contributed by atoms with van der Waals surface area (Å²) in [5.41, 5.74) is -0.274. The van der Waals surface area contributed by atoms with Gasteiger partial charge in [0.1, 0.15) is 0 Å². The molecule has 2 aliphatic heterocycles. The van der Waals surface area contributed by atoms with Crippen LogP contribution in [0, 0.1) is 11.8 Å². The largest absolute Gasteiger partial charge is 0.477 e. The lowest BCUT2D eigenvalue weighted by atomic mass is 9.49. The van der Waals surface area contributed by atoms with Crippen LogP contribution < -0.4 is 9.47 Å². The monoisotopic (exact) mass is 451 g/mol. The second kappa shape index (κ2) is 6.59. The van der Waals surface area contributed by atoms with Crippen molar-refractivity contribution >= 4 is 17.7 Å². The van der Waals surface area contributed by atoms with Crippen LogP contribution in [-0.4, -0.2) is 52.0 Å². The van der Waals surface area contributed by atoms with Gasteiger partial charge < -0.3 is 19.5 Å². The van der Waals surface area contributed by atoms with Crippen molar-refractivity contribution in [3.05, 3.63) is 23.3 Å². The van der Waals surface area contributed by atoms with Crippen LogP contribution in [-0.2, 0) is 26.2 Å². The number of aliphatic hydroxyl groups is 1. The van der Waals surface area contributed by atoms with E-state index in [0.29, 0.717) is 37.3 Å². The number of esters is 1. The number of rotatable bonds is 3. The molecule has 7 rings (SSSR count). The maximum absolute atomic E-state index is 13.3. The van der Waals surface area contributed by atoms with Gasteiger partial charge >= 0.3 is 5.97 Å². The van der Waals surface area contributed by atoms with Crippen LogP contribution in [0.3, 0.4) is 0 Å². The Morgan fingerprint density at radius 2 is 1.85 bits per heavy atom. The van der Waals surface area contributed by atoms with Crippen molar-refractivity contribution in [2.45, 2.75) is 87.4 Å². The second-order valence-electron chi connectivity index (χ2n) is 11.0. The fraction of sp³-hybridized carbons (Fsp3) is 0.654. The summed E-state index contributed by atoms with van der Waals surface area (Å²) >= 11 is 0. The minimum absolute atomic E-state index is 0.0162. The zero-order valence-electron chi connectivity index (χ0n) is 18.7. The number of hydrogen-bond donors (Lipinski definition) is 1. The average molecular weight is 452 g/mol. The van der Waals surface area contributed by atoms with Crippen molar-refractivity contribution in [1.82, 2.24) is 4.90 Å². The molecule has 1 N–H and O–H groups in total. The minimum atomic E-state index is -1.22. The van der Waals surface area contributed by atoms with Gasteiger partial charge in [-0.25, -0.2) is 0 Å². The number of likely N-dealkylation sites (tertiary alicyclic amines) is 1. The second-order valence-corrected chi connectivity index (χ2v) is 11.0. The highest BCUT2D eigenvalue weighted by atomic mass is 16.6. The number of ether oxygens (including phenoxy) is 2. The maximum atomic E-state index is 13.3. The van der Waals surface area contributed by atoms with E-state index in [-0.39, 0.29) is 42.0 Å². The van der Waals surface area contributed by atoms with Crippen LogP contribution >= 0.6 is 0 Å². The first-order chi connectivity index (χ1) is 15.9. The molecule has 1 aromatic carbocycles. The van der Waals surface area contributed by atoms with Crippen molar-refractivity contribution in [3.8, 4) is 11.5 Å². The molecule has 6 aliphatic rings. The Morgan fingerprint density at radius 1 is 1.09 bits per heavy atom. The number of ketones is 1. The van der Waals surface area contributed by atoms with Gasteiger partial charge in [0.25, 0.3) is 0 Å². The highest BCUT2D eigenvalue weighted by Gasteiger charge is 2.73. The lowest BCUT2D eigenvalue weighted by Gasteiger charge is -2.62. The van der Waals surface area contributed by atoms with E-state index in [9.17, 15) is 19.5 Å². The summed E-state index contributed by atoms with van der Waals surface area (Å²) < 4.78 is 12.1. The minimum Gasteiger partial charge on any atom is -0.477 e. The van der Waals surface area contributed by atoms with Gasteiger partial charge in [-0.3, -0.25) is 14.4 Å². The maximum Gasteiger partial charge on any atom is 0.314 e. The number of hydrogen-bond acceptors (Lipinski definition) is 6. The predicted octanol–water partition coefficient (Wildman–Crippen LogP) is 2.44. The van der Waals surface area contributed by atoms with E-state index < -0.39 is 17.1 Å². The number of carbonyl (C=O) groups excluding carboxylic acids is 3. The summed E-state index contributed by atoms with van der Waals surface area (Å²) in [6.45, 7) is 0.514. The highest BCUT2D eigenvalue weighted by molar-refractivity contribution is 5.91. The van der Waals surface area contributed by atoms with Crippen molar-refractivity contribution < 1.29 is 29.0 Å². The molecule has 4 atom stereocenters. The van der Waals surface area contributed by atoms with Crippen LogP contribution in [0.4, 0.5) is 0 Å². The molecule has 0 radical (unpaired) electrons. The molecular weight excluding hydrogens is 422 g/mol. The number of benzene rings is 1. The first-order valence-corrected chi connectivity index (χ1v) is 12.5. The average Bonchev–Trinajstić information content (AvgIpc) is 3.05. The zero-order chi connectivity index (χ0) is 22.5. The van der Waals surface area contributed by atoms with Gasteiger partial charge in [0.05, 0.1) is 23.0 Å². The molecule has 7 nitrogen and oxygen atoms in total. The van der Waals surface area contributed by atoms with Crippen molar-refractivity contribution in [3.63, 3.8) is 0 Å². The third-order valence-corrected chi connectivity index (χ3v) is 9.63. The highest BCUT2D eigenvalue weighted by Crippen LogP contribution is 2.65. The molecule has 174 valence electrons.